The number of hydrogen-bond donors (Lipinski definition) is 9. The lowest BCUT2D eigenvalue weighted by Crippen LogP contribution is -2.86. The third-order valence-corrected chi connectivity index (χ3v) is 27.0. The molecule has 4 heterocycles. The summed E-state index contributed by atoms with van der Waals surface area (Å²) >= 11 is 0. The molecule has 6 aliphatic carbocycles. The second-order valence-corrected chi connectivity index (χ2v) is 31.2. The molecule has 9 aliphatic rings. The Bertz CT molecular complexity index is 3270. The monoisotopic (exact) mass is 1250 g/mol. The number of aliphatic hydroxyl groups is 7. The minimum Gasteiger partial charge on any atom is -0.485 e. The highest BCUT2D eigenvalue weighted by Gasteiger charge is 2.78. The van der Waals surface area contributed by atoms with Crippen molar-refractivity contribution in [2.24, 2.45) is 46.3 Å². The summed E-state index contributed by atoms with van der Waals surface area (Å²) in [6.45, 7) is 5.19. The van der Waals surface area contributed by atoms with Crippen molar-refractivity contribution in [1.82, 2.24) is 10.6 Å². The quantitative estimate of drug-likeness (QED) is 0.0386. The van der Waals surface area contributed by atoms with E-state index in [1.807, 2.05) is 22.9 Å². The van der Waals surface area contributed by atoms with E-state index in [-0.39, 0.29) is 90.8 Å². The highest BCUT2D eigenvalue weighted by Crippen LogP contribution is 2.70. The maximum atomic E-state index is 14.0. The Morgan fingerprint density at radius 2 is 1.74 bits per heavy atom. The van der Waals surface area contributed by atoms with Crippen molar-refractivity contribution in [3.05, 3.63) is 108 Å². The summed E-state index contributed by atoms with van der Waals surface area (Å²) in [4.78, 5) is 13.2. The number of rotatable bonds is 11. The van der Waals surface area contributed by atoms with Gasteiger partial charge in [0.15, 0.2) is 16.9 Å². The van der Waals surface area contributed by atoms with E-state index in [9.17, 15) is 40.5 Å². The molecule has 5 bridgehead atoms. The molecule has 17 heteroatoms. The second kappa shape index (κ2) is 24.8. The van der Waals surface area contributed by atoms with Crippen LogP contribution in [0.1, 0.15) is 140 Å². The minimum atomic E-state index is -2.52. The zero-order valence-corrected chi connectivity index (χ0v) is 53.2. The van der Waals surface area contributed by atoms with Crippen LogP contribution in [0.4, 0.5) is 0 Å². The lowest BCUT2D eigenvalue weighted by molar-refractivity contribution is -0.424. The molecule has 3 aromatic carbocycles. The lowest BCUT2D eigenvalue weighted by Gasteiger charge is -2.67. The molecule has 88 heavy (non-hydrogen) atoms. The first-order valence-corrected chi connectivity index (χ1v) is 35.5. The molecule has 15 nitrogen and oxygen atoms in total. The first-order valence-electron chi connectivity index (χ1n) is 33.2. The fourth-order valence-electron chi connectivity index (χ4n) is 19.3. The molecule has 19 unspecified atom stereocenters. The minimum absolute atomic E-state index is 0.0135. The summed E-state index contributed by atoms with van der Waals surface area (Å²) in [5.74, 6) is -1.98. The van der Waals surface area contributed by atoms with Crippen molar-refractivity contribution in [3.8, 4) is 11.5 Å². The lowest BCUT2D eigenvalue weighted by atomic mass is 9.50. The largest absolute Gasteiger partial charge is 0.485 e. The van der Waals surface area contributed by atoms with E-state index in [2.05, 4.69) is 91.4 Å². The topological polar surface area (TPSA) is 233 Å². The molecule has 2 saturated heterocycles. The Labute approximate surface area is 526 Å². The van der Waals surface area contributed by atoms with Crippen molar-refractivity contribution in [3.63, 3.8) is 0 Å². The van der Waals surface area contributed by atoms with Crippen molar-refractivity contribution < 1.29 is 63.9 Å². The smallest absolute Gasteiger partial charge is 0.306 e. The van der Waals surface area contributed by atoms with Gasteiger partial charge in [-0.05, 0) is 180 Å². The summed E-state index contributed by atoms with van der Waals surface area (Å²) < 4.78 is 32.9. The van der Waals surface area contributed by atoms with Gasteiger partial charge >= 0.3 is 5.97 Å². The van der Waals surface area contributed by atoms with Crippen LogP contribution in [-0.4, -0.2) is 145 Å². The average molecular weight is 1250 g/mol. The van der Waals surface area contributed by atoms with E-state index in [1.165, 1.54) is 16.3 Å². The van der Waals surface area contributed by atoms with Crippen molar-refractivity contribution in [1.29, 1.82) is 0 Å². The molecule has 6 fully saturated rings. The number of allylic oxidation sites excluding steroid dienone is 5. The molecule has 3 aliphatic heterocycles. The van der Waals surface area contributed by atoms with Crippen LogP contribution in [0.5, 0.6) is 11.5 Å². The summed E-state index contributed by atoms with van der Waals surface area (Å²) in [5, 5.41) is 101. The number of furan rings is 1. The number of ether oxygens (including phenoxy) is 4. The summed E-state index contributed by atoms with van der Waals surface area (Å²) in [6.07, 6.45) is 19.7. The van der Waals surface area contributed by atoms with Gasteiger partial charge in [-0.15, -0.1) is 0 Å². The summed E-state index contributed by atoms with van der Waals surface area (Å²) in [6, 6.07) is 19.0. The molecular weight excluding hydrogens is 1150 g/mol. The van der Waals surface area contributed by atoms with Crippen LogP contribution in [0, 0.1) is 46.3 Å². The predicted octanol–water partition coefficient (Wildman–Crippen LogP) is 9.99. The standard InChI is InChI=1S/C71H94N2O13S2/c1-4-82-58(77)22-19-49-37-50-25-34-83-60(50)62-61(49)85-64-71(81)59-51(18-20-54(75)52(59)41-74)39-69(80,63(71)78)70(86-64)43-87-88-68(56(73-33-35-84-62)21-15-44(2)10-9-14-57(70)76)32-30-65(27-23-45(38-65)40-72-3)55(68)24-28-67(79)31-29-66(42-67)26-8-7-13-53(66)48-17-16-46-11-5-6-12-47(46)36-48/h5-8,11-13,16-18,20,25-26,34,36-37,44-45,51-57,59,63-64,72-76,78-81H,4,9-10,14-15,19,21-24,27-33,35,38-43H2,1-3H3. The van der Waals surface area contributed by atoms with Crippen LogP contribution in [0.3, 0.4) is 0 Å². The first kappa shape index (κ1) is 62.8. The molecule has 0 radical (unpaired) electrons. The Balaban J connectivity index is 0.932. The molecule has 4 saturated carbocycles. The SMILES string of the molecule is CCOC(=O)CCc1cc2ccoc2c2c1OC1OC3(CSSC4(CCC5(CCC(CNC)C5)C4CCC4(O)CCC5(C=CC=CC5c5ccc6ccccc6c5)C4)C(CCC(C)CCCC3O)NCCO2)C2(O)CC3C=CC(O)C(CO)C3C1(O)C2O. The van der Waals surface area contributed by atoms with E-state index in [4.69, 9.17) is 23.4 Å². The molecule has 19 atom stereocenters. The molecular formula is C71H94N2O13S2. The zero-order valence-electron chi connectivity index (χ0n) is 51.5. The van der Waals surface area contributed by atoms with E-state index < -0.39 is 82.1 Å². The number of carbonyl (C=O) groups excluding carboxylic acids is 1. The maximum Gasteiger partial charge on any atom is 0.306 e. The number of nitrogens with one attached hydrogen (secondary N) is 2. The van der Waals surface area contributed by atoms with Gasteiger partial charge in [-0.1, -0.05) is 120 Å². The van der Waals surface area contributed by atoms with E-state index in [0.717, 1.165) is 70.8 Å². The predicted molar refractivity (Wildman–Crippen MR) is 343 cm³/mol. The van der Waals surface area contributed by atoms with E-state index in [1.54, 1.807) is 36.1 Å². The number of carbonyl (C=O) groups is 1. The Kier molecular flexibility index (Phi) is 17.7. The summed E-state index contributed by atoms with van der Waals surface area (Å²) in [5.41, 5.74) is -5.89. The third kappa shape index (κ3) is 10.7. The fraction of sp³-hybridized carbons (Fsp3) is 0.648. The number of aryl methyl sites for hydroxylation is 1. The van der Waals surface area contributed by atoms with Crippen molar-refractivity contribution >= 4 is 49.3 Å². The van der Waals surface area contributed by atoms with Gasteiger partial charge < -0.3 is 69.7 Å². The van der Waals surface area contributed by atoms with Crippen LogP contribution >= 0.6 is 21.6 Å². The van der Waals surface area contributed by atoms with Gasteiger partial charge in [0.25, 0.3) is 0 Å². The number of benzene rings is 3. The zero-order chi connectivity index (χ0) is 61.3. The number of hydrogen-bond acceptors (Lipinski definition) is 17. The number of fused-ring (bicyclic) bond motifs is 12. The molecule has 4 spiro atoms. The van der Waals surface area contributed by atoms with Crippen molar-refractivity contribution in [2.75, 3.05) is 45.7 Å². The van der Waals surface area contributed by atoms with E-state index >= 15 is 0 Å². The first-order chi connectivity index (χ1) is 42.5. The Hall–Kier alpha value is -3.95. The van der Waals surface area contributed by atoms with Gasteiger partial charge in [-0.3, -0.25) is 4.79 Å². The van der Waals surface area contributed by atoms with Crippen molar-refractivity contribution in [2.45, 2.75) is 193 Å². The van der Waals surface area contributed by atoms with Crippen LogP contribution < -0.4 is 20.1 Å². The van der Waals surface area contributed by atoms with Gasteiger partial charge in [-0.25, -0.2) is 0 Å². The van der Waals surface area contributed by atoms with Crippen LogP contribution in [-0.2, 0) is 20.7 Å². The Morgan fingerprint density at radius 3 is 2.57 bits per heavy atom. The molecule has 478 valence electrons. The molecule has 0 amide bonds. The Morgan fingerprint density at radius 1 is 0.886 bits per heavy atom. The highest BCUT2D eigenvalue weighted by molar-refractivity contribution is 8.77. The molecule has 9 N–H and O–H groups in total. The van der Waals surface area contributed by atoms with Gasteiger partial charge in [-0.2, -0.15) is 0 Å². The average Bonchev–Trinajstić information content (AvgIpc) is 1.14. The molecule has 1 aromatic heterocycles. The van der Waals surface area contributed by atoms with Gasteiger partial charge in [0.05, 0.1) is 30.7 Å². The third-order valence-electron chi connectivity index (χ3n) is 23.7. The van der Waals surface area contributed by atoms with E-state index in [0.29, 0.717) is 54.7 Å². The van der Waals surface area contributed by atoms with Crippen LogP contribution in [0.2, 0.25) is 0 Å². The maximum absolute atomic E-state index is 14.0. The normalized spacial score (nSPS) is 41.6. The van der Waals surface area contributed by atoms with Crippen LogP contribution in [0.25, 0.3) is 21.7 Å². The number of esters is 1. The highest BCUT2D eigenvalue weighted by atomic mass is 33.1. The molecule has 13 rings (SSSR count). The fourth-order valence-corrected chi connectivity index (χ4v) is 23.6. The number of aliphatic hydroxyl groups excluding tert-OH is 4. The summed E-state index contributed by atoms with van der Waals surface area (Å²) in [7, 11) is 5.45. The van der Waals surface area contributed by atoms with Gasteiger partial charge in [0.2, 0.25) is 12.0 Å². The molecule has 4 aromatic rings. The van der Waals surface area contributed by atoms with Gasteiger partial charge in [0, 0.05) is 64.7 Å². The second-order valence-electron chi connectivity index (χ2n) is 28.5. The van der Waals surface area contributed by atoms with Crippen LogP contribution in [0.15, 0.2) is 102 Å². The van der Waals surface area contributed by atoms with Gasteiger partial charge in [0.1, 0.15) is 23.9 Å².